The van der Waals surface area contributed by atoms with Crippen LogP contribution >= 0.6 is 0 Å². The lowest BCUT2D eigenvalue weighted by atomic mass is 10.0. The molecule has 1 aromatic rings. The summed E-state index contributed by atoms with van der Waals surface area (Å²) < 4.78 is 22.0. The summed E-state index contributed by atoms with van der Waals surface area (Å²) in [6.07, 6.45) is -2.23. The molecule has 0 amide bonds. The van der Waals surface area contributed by atoms with Crippen molar-refractivity contribution in [2.75, 3.05) is 6.61 Å². The first-order valence-electron chi connectivity index (χ1n) is 4.96. The standard InChI is InChI=1S/C10H15NO5S/c11-17(15,16)8-3-1-7(2-4-8)10(14)9(13)5-6-12/h1-4,9-10,12-14H,5-6H2,(H2,11,15,16). The van der Waals surface area contributed by atoms with E-state index in [0.29, 0.717) is 5.56 Å². The summed E-state index contributed by atoms with van der Waals surface area (Å²) >= 11 is 0. The number of aliphatic hydroxyl groups is 3. The van der Waals surface area contributed by atoms with Gasteiger partial charge in [0, 0.05) is 6.61 Å². The number of aliphatic hydroxyl groups excluding tert-OH is 3. The summed E-state index contributed by atoms with van der Waals surface area (Å²) in [5.74, 6) is 0. The zero-order valence-corrected chi connectivity index (χ0v) is 9.84. The van der Waals surface area contributed by atoms with Crippen molar-refractivity contribution in [1.82, 2.24) is 0 Å². The monoisotopic (exact) mass is 261 g/mol. The second-order valence-electron chi connectivity index (χ2n) is 3.64. The van der Waals surface area contributed by atoms with Gasteiger partial charge in [0.1, 0.15) is 6.10 Å². The van der Waals surface area contributed by atoms with Gasteiger partial charge in [0.15, 0.2) is 0 Å². The smallest absolute Gasteiger partial charge is 0.238 e. The third kappa shape index (κ3) is 3.76. The van der Waals surface area contributed by atoms with Gasteiger partial charge in [-0.1, -0.05) is 12.1 Å². The first-order chi connectivity index (χ1) is 7.86. The van der Waals surface area contributed by atoms with E-state index in [2.05, 4.69) is 0 Å². The fourth-order valence-corrected chi connectivity index (χ4v) is 1.88. The Balaban J connectivity index is 2.88. The molecule has 0 bridgehead atoms. The third-order valence-electron chi connectivity index (χ3n) is 2.34. The Kier molecular flexibility index (Phi) is 4.61. The molecule has 0 heterocycles. The lowest BCUT2D eigenvalue weighted by Crippen LogP contribution is -2.19. The quantitative estimate of drug-likeness (QED) is 0.548. The molecular weight excluding hydrogens is 246 g/mol. The fraction of sp³-hybridized carbons (Fsp3) is 0.400. The number of benzene rings is 1. The minimum atomic E-state index is -3.76. The van der Waals surface area contributed by atoms with Crippen LogP contribution < -0.4 is 5.14 Å². The molecule has 2 atom stereocenters. The van der Waals surface area contributed by atoms with Crippen molar-refractivity contribution >= 4 is 10.0 Å². The highest BCUT2D eigenvalue weighted by Crippen LogP contribution is 2.20. The van der Waals surface area contributed by atoms with Crippen molar-refractivity contribution in [3.63, 3.8) is 0 Å². The van der Waals surface area contributed by atoms with Crippen LogP contribution in [0.2, 0.25) is 0 Å². The number of rotatable bonds is 5. The van der Waals surface area contributed by atoms with E-state index < -0.39 is 22.2 Å². The molecular formula is C10H15NO5S. The van der Waals surface area contributed by atoms with Crippen LogP contribution in [0.1, 0.15) is 18.1 Å². The van der Waals surface area contributed by atoms with Crippen molar-refractivity contribution in [2.24, 2.45) is 5.14 Å². The molecule has 0 aliphatic heterocycles. The number of primary sulfonamides is 1. The predicted octanol–water partition coefficient (Wildman–Crippen LogP) is -0.889. The molecule has 7 heteroatoms. The molecule has 5 N–H and O–H groups in total. The Morgan fingerprint density at radius 3 is 2.12 bits per heavy atom. The van der Waals surface area contributed by atoms with Crippen molar-refractivity contribution < 1.29 is 23.7 Å². The number of hydrogen-bond donors (Lipinski definition) is 4. The first-order valence-corrected chi connectivity index (χ1v) is 6.50. The van der Waals surface area contributed by atoms with Gasteiger partial charge in [-0.3, -0.25) is 0 Å². The van der Waals surface area contributed by atoms with Crippen molar-refractivity contribution in [1.29, 1.82) is 0 Å². The third-order valence-corrected chi connectivity index (χ3v) is 3.27. The molecule has 0 radical (unpaired) electrons. The highest BCUT2D eigenvalue weighted by molar-refractivity contribution is 7.89. The molecule has 1 aromatic carbocycles. The van der Waals surface area contributed by atoms with Crippen LogP contribution in [0.3, 0.4) is 0 Å². The largest absolute Gasteiger partial charge is 0.396 e. The normalized spacial score (nSPS) is 15.5. The highest BCUT2D eigenvalue weighted by atomic mass is 32.2. The lowest BCUT2D eigenvalue weighted by molar-refractivity contribution is 0.00419. The van der Waals surface area contributed by atoms with Gasteiger partial charge in [-0.15, -0.1) is 0 Å². The summed E-state index contributed by atoms with van der Waals surface area (Å²) in [7, 11) is -3.76. The summed E-state index contributed by atoms with van der Waals surface area (Å²) in [6.45, 7) is -0.243. The molecule has 1 rings (SSSR count). The minimum Gasteiger partial charge on any atom is -0.396 e. The zero-order chi connectivity index (χ0) is 13.1. The van der Waals surface area contributed by atoms with Crippen LogP contribution in [0, 0.1) is 0 Å². The summed E-state index contributed by atoms with van der Waals surface area (Å²) in [4.78, 5) is -0.0647. The van der Waals surface area contributed by atoms with Crippen LogP contribution in [-0.2, 0) is 10.0 Å². The summed E-state index contributed by atoms with van der Waals surface area (Å²) in [6, 6.07) is 5.23. The molecule has 96 valence electrons. The fourth-order valence-electron chi connectivity index (χ4n) is 1.37. The molecule has 0 spiro atoms. The van der Waals surface area contributed by atoms with E-state index >= 15 is 0 Å². The maximum Gasteiger partial charge on any atom is 0.238 e. The molecule has 0 aliphatic carbocycles. The number of nitrogens with two attached hydrogens (primary N) is 1. The van der Waals surface area contributed by atoms with Gasteiger partial charge in [-0.25, -0.2) is 13.6 Å². The Hall–Kier alpha value is -0.990. The van der Waals surface area contributed by atoms with Gasteiger partial charge in [-0.2, -0.15) is 0 Å². The van der Waals surface area contributed by atoms with E-state index in [1.807, 2.05) is 0 Å². The number of sulfonamides is 1. The van der Waals surface area contributed by atoms with Gasteiger partial charge in [-0.05, 0) is 24.1 Å². The molecule has 2 unspecified atom stereocenters. The van der Waals surface area contributed by atoms with Crippen LogP contribution in [0.15, 0.2) is 29.2 Å². The Labute approximate surface area is 99.4 Å². The van der Waals surface area contributed by atoms with E-state index in [-0.39, 0.29) is 17.9 Å². The van der Waals surface area contributed by atoms with E-state index in [1.54, 1.807) is 0 Å². The van der Waals surface area contributed by atoms with Gasteiger partial charge >= 0.3 is 0 Å². The van der Waals surface area contributed by atoms with Crippen molar-refractivity contribution in [2.45, 2.75) is 23.5 Å². The molecule has 6 nitrogen and oxygen atoms in total. The van der Waals surface area contributed by atoms with Crippen LogP contribution in [0.5, 0.6) is 0 Å². The van der Waals surface area contributed by atoms with Crippen LogP contribution in [0.4, 0.5) is 0 Å². The predicted molar refractivity (Wildman–Crippen MR) is 60.5 cm³/mol. The van der Waals surface area contributed by atoms with Crippen molar-refractivity contribution in [3.8, 4) is 0 Å². The maximum atomic E-state index is 11.0. The Bertz CT molecular complexity index is 456. The lowest BCUT2D eigenvalue weighted by Gasteiger charge is -2.17. The van der Waals surface area contributed by atoms with Crippen LogP contribution in [-0.4, -0.2) is 36.4 Å². The Morgan fingerprint density at radius 2 is 1.71 bits per heavy atom. The molecule has 0 saturated carbocycles. The topological polar surface area (TPSA) is 121 Å². The maximum absolute atomic E-state index is 11.0. The molecule has 17 heavy (non-hydrogen) atoms. The summed E-state index contributed by atoms with van der Waals surface area (Å²) in [5, 5.41) is 32.7. The zero-order valence-electron chi connectivity index (χ0n) is 9.02. The van der Waals surface area contributed by atoms with E-state index in [0.717, 1.165) is 0 Å². The second-order valence-corrected chi connectivity index (χ2v) is 5.20. The highest BCUT2D eigenvalue weighted by Gasteiger charge is 2.18. The minimum absolute atomic E-state index is 0.0398. The molecule has 0 aromatic heterocycles. The van der Waals surface area contributed by atoms with Gasteiger partial charge < -0.3 is 15.3 Å². The van der Waals surface area contributed by atoms with Crippen LogP contribution in [0.25, 0.3) is 0 Å². The molecule has 0 fully saturated rings. The molecule has 0 aliphatic rings. The van der Waals surface area contributed by atoms with E-state index in [4.69, 9.17) is 10.2 Å². The van der Waals surface area contributed by atoms with Gasteiger partial charge in [0.2, 0.25) is 10.0 Å². The number of hydrogen-bond acceptors (Lipinski definition) is 5. The first kappa shape index (κ1) is 14.1. The van der Waals surface area contributed by atoms with E-state index in [1.165, 1.54) is 24.3 Å². The van der Waals surface area contributed by atoms with Gasteiger partial charge in [0.05, 0.1) is 11.0 Å². The second kappa shape index (κ2) is 5.56. The van der Waals surface area contributed by atoms with E-state index in [9.17, 15) is 18.6 Å². The van der Waals surface area contributed by atoms with Gasteiger partial charge in [0.25, 0.3) is 0 Å². The average Bonchev–Trinajstić information content (AvgIpc) is 2.27. The van der Waals surface area contributed by atoms with Crippen molar-refractivity contribution in [3.05, 3.63) is 29.8 Å². The Morgan fingerprint density at radius 1 is 1.18 bits per heavy atom. The SMILES string of the molecule is NS(=O)(=O)c1ccc(C(O)C(O)CCO)cc1. The molecule has 0 saturated heterocycles. The average molecular weight is 261 g/mol. The summed E-state index contributed by atoms with van der Waals surface area (Å²) in [5.41, 5.74) is 0.360.